The molecule has 0 fully saturated rings. The molecule has 0 unspecified atom stereocenters. The third-order valence-electron chi connectivity index (χ3n) is 3.52. The standard InChI is InChI=1S/C17H11ClF4N4O2/c18-12-6-11(19)2-4-15(12)28-7-16(27)25-13-5-10(17(20,21)22)1-3-14(13)26-9-23-8-24-26/h1-6,8-9H,7H2,(H,25,27). The van der Waals surface area contributed by atoms with Crippen molar-refractivity contribution in [3.63, 3.8) is 0 Å². The summed E-state index contributed by atoms with van der Waals surface area (Å²) in [6, 6.07) is 6.13. The minimum absolute atomic E-state index is 0.0461. The Hall–Kier alpha value is -3.14. The van der Waals surface area contributed by atoms with Gasteiger partial charge in [0.05, 0.1) is 22.0 Å². The van der Waals surface area contributed by atoms with Crippen molar-refractivity contribution < 1.29 is 27.1 Å². The van der Waals surface area contributed by atoms with Crippen LogP contribution in [-0.4, -0.2) is 27.3 Å². The van der Waals surface area contributed by atoms with Gasteiger partial charge in [0.1, 0.15) is 24.2 Å². The molecule has 0 saturated heterocycles. The molecule has 1 aromatic heterocycles. The number of nitrogens with zero attached hydrogens (tertiary/aromatic N) is 3. The highest BCUT2D eigenvalue weighted by Crippen LogP contribution is 2.33. The summed E-state index contributed by atoms with van der Waals surface area (Å²) in [6.45, 7) is -0.557. The first-order chi connectivity index (χ1) is 13.2. The van der Waals surface area contributed by atoms with E-state index in [1.165, 1.54) is 23.4 Å². The van der Waals surface area contributed by atoms with Gasteiger partial charge in [-0.1, -0.05) is 11.6 Å². The second kappa shape index (κ2) is 7.85. The molecule has 0 aliphatic heterocycles. The second-order valence-electron chi connectivity index (χ2n) is 5.48. The number of rotatable bonds is 5. The molecule has 1 heterocycles. The zero-order valence-corrected chi connectivity index (χ0v) is 14.6. The van der Waals surface area contributed by atoms with Gasteiger partial charge in [0.2, 0.25) is 0 Å². The normalized spacial score (nSPS) is 11.3. The van der Waals surface area contributed by atoms with Crippen molar-refractivity contribution in [1.29, 1.82) is 0 Å². The molecule has 146 valence electrons. The van der Waals surface area contributed by atoms with Gasteiger partial charge in [0.25, 0.3) is 5.91 Å². The summed E-state index contributed by atoms with van der Waals surface area (Å²) in [4.78, 5) is 15.9. The minimum atomic E-state index is -4.60. The van der Waals surface area contributed by atoms with E-state index in [-0.39, 0.29) is 22.1 Å². The number of nitrogens with one attached hydrogen (secondary N) is 1. The van der Waals surface area contributed by atoms with E-state index >= 15 is 0 Å². The number of amides is 1. The molecular weight excluding hydrogens is 404 g/mol. The maximum atomic E-state index is 13.0. The highest BCUT2D eigenvalue weighted by atomic mass is 35.5. The SMILES string of the molecule is O=C(COc1ccc(F)cc1Cl)Nc1cc(C(F)(F)F)ccc1-n1cncn1. The summed E-state index contributed by atoms with van der Waals surface area (Å²) >= 11 is 5.80. The minimum Gasteiger partial charge on any atom is -0.482 e. The number of anilines is 1. The van der Waals surface area contributed by atoms with Crippen LogP contribution >= 0.6 is 11.6 Å². The third kappa shape index (κ3) is 4.58. The van der Waals surface area contributed by atoms with Gasteiger partial charge >= 0.3 is 6.18 Å². The van der Waals surface area contributed by atoms with E-state index < -0.39 is 30.1 Å². The number of hydrogen-bond donors (Lipinski definition) is 1. The van der Waals surface area contributed by atoms with E-state index in [9.17, 15) is 22.4 Å². The van der Waals surface area contributed by atoms with Gasteiger partial charge in [0.15, 0.2) is 6.61 Å². The lowest BCUT2D eigenvalue weighted by Gasteiger charge is -2.15. The van der Waals surface area contributed by atoms with E-state index in [1.807, 2.05) is 0 Å². The van der Waals surface area contributed by atoms with Gasteiger partial charge in [-0.05, 0) is 36.4 Å². The number of ether oxygens (including phenoxy) is 1. The molecular formula is C17H11ClF4N4O2. The fourth-order valence-electron chi connectivity index (χ4n) is 2.27. The molecule has 0 aliphatic rings. The molecule has 6 nitrogen and oxygen atoms in total. The average molecular weight is 415 g/mol. The van der Waals surface area contributed by atoms with Crippen LogP contribution in [0.25, 0.3) is 5.69 Å². The molecule has 0 saturated carbocycles. The summed E-state index contributed by atoms with van der Waals surface area (Å²) < 4.78 is 58.4. The van der Waals surface area contributed by atoms with Crippen molar-refractivity contribution in [2.75, 3.05) is 11.9 Å². The fraction of sp³-hybridized carbons (Fsp3) is 0.118. The Morgan fingerprint density at radius 3 is 2.64 bits per heavy atom. The van der Waals surface area contributed by atoms with Gasteiger partial charge in [-0.25, -0.2) is 14.1 Å². The summed E-state index contributed by atoms with van der Waals surface area (Å²) in [7, 11) is 0. The molecule has 3 rings (SSSR count). The van der Waals surface area contributed by atoms with Crippen LogP contribution in [0.1, 0.15) is 5.56 Å². The smallest absolute Gasteiger partial charge is 0.416 e. The molecule has 0 radical (unpaired) electrons. The van der Waals surface area contributed by atoms with Crippen molar-refractivity contribution in [3.05, 3.63) is 65.5 Å². The predicted molar refractivity (Wildman–Crippen MR) is 91.9 cm³/mol. The molecule has 11 heteroatoms. The fourth-order valence-corrected chi connectivity index (χ4v) is 2.49. The number of hydrogen-bond acceptors (Lipinski definition) is 4. The van der Waals surface area contributed by atoms with Crippen LogP contribution < -0.4 is 10.1 Å². The van der Waals surface area contributed by atoms with E-state index in [0.717, 1.165) is 30.3 Å². The third-order valence-corrected chi connectivity index (χ3v) is 3.81. The molecule has 3 aromatic rings. The molecule has 1 amide bonds. The molecule has 0 atom stereocenters. The van der Waals surface area contributed by atoms with Crippen LogP contribution in [0.3, 0.4) is 0 Å². The van der Waals surface area contributed by atoms with Crippen LogP contribution in [-0.2, 0) is 11.0 Å². The maximum absolute atomic E-state index is 13.0. The number of carbonyl (C=O) groups excluding carboxylic acids is 1. The Morgan fingerprint density at radius 2 is 2.00 bits per heavy atom. The summed E-state index contributed by atoms with van der Waals surface area (Å²) in [5, 5.41) is 6.15. The zero-order valence-electron chi connectivity index (χ0n) is 13.9. The quantitative estimate of drug-likeness (QED) is 0.638. The Morgan fingerprint density at radius 1 is 1.21 bits per heavy atom. The molecule has 2 aromatic carbocycles. The molecule has 0 aliphatic carbocycles. The summed E-state index contributed by atoms with van der Waals surface area (Å²) in [5.41, 5.74) is -0.910. The lowest BCUT2D eigenvalue weighted by Crippen LogP contribution is -2.22. The maximum Gasteiger partial charge on any atom is 0.416 e. The number of carbonyl (C=O) groups is 1. The zero-order chi connectivity index (χ0) is 20.3. The summed E-state index contributed by atoms with van der Waals surface area (Å²) in [6.07, 6.45) is -2.13. The van der Waals surface area contributed by atoms with Crippen LogP contribution in [0.4, 0.5) is 23.2 Å². The van der Waals surface area contributed by atoms with Crippen LogP contribution in [0.5, 0.6) is 5.75 Å². The van der Waals surface area contributed by atoms with Gasteiger partial charge in [-0.2, -0.15) is 18.3 Å². The first-order valence-corrected chi connectivity index (χ1v) is 8.06. The molecule has 28 heavy (non-hydrogen) atoms. The Kier molecular flexibility index (Phi) is 5.50. The van der Waals surface area contributed by atoms with Gasteiger partial charge < -0.3 is 10.1 Å². The van der Waals surface area contributed by atoms with Crippen LogP contribution in [0.2, 0.25) is 5.02 Å². The van der Waals surface area contributed by atoms with Gasteiger partial charge in [0, 0.05) is 0 Å². The van der Waals surface area contributed by atoms with Crippen LogP contribution in [0, 0.1) is 5.82 Å². The monoisotopic (exact) mass is 414 g/mol. The predicted octanol–water partition coefficient (Wildman–Crippen LogP) is 4.10. The lowest BCUT2D eigenvalue weighted by atomic mass is 10.1. The van der Waals surface area contributed by atoms with Crippen molar-refractivity contribution in [3.8, 4) is 11.4 Å². The number of alkyl halides is 3. The first-order valence-electron chi connectivity index (χ1n) is 7.68. The van der Waals surface area contributed by atoms with Crippen LogP contribution in [0.15, 0.2) is 49.1 Å². The van der Waals surface area contributed by atoms with Gasteiger partial charge in [-0.3, -0.25) is 4.79 Å². The van der Waals surface area contributed by atoms with Crippen molar-refractivity contribution in [2.45, 2.75) is 6.18 Å². The lowest BCUT2D eigenvalue weighted by molar-refractivity contribution is -0.137. The van der Waals surface area contributed by atoms with E-state index in [4.69, 9.17) is 16.3 Å². The van der Waals surface area contributed by atoms with E-state index in [2.05, 4.69) is 15.4 Å². The summed E-state index contributed by atoms with van der Waals surface area (Å²) in [5.74, 6) is -1.27. The second-order valence-corrected chi connectivity index (χ2v) is 5.89. The highest BCUT2D eigenvalue weighted by molar-refractivity contribution is 6.32. The van der Waals surface area contributed by atoms with E-state index in [1.54, 1.807) is 0 Å². The van der Waals surface area contributed by atoms with Crippen molar-refractivity contribution in [1.82, 2.24) is 14.8 Å². The van der Waals surface area contributed by atoms with Crippen molar-refractivity contribution >= 4 is 23.2 Å². The van der Waals surface area contributed by atoms with Crippen molar-refractivity contribution in [2.24, 2.45) is 0 Å². The first kappa shape index (κ1) is 19.6. The molecule has 1 N–H and O–H groups in total. The molecule has 0 spiro atoms. The topological polar surface area (TPSA) is 69.0 Å². The number of halogens is 5. The van der Waals surface area contributed by atoms with E-state index in [0.29, 0.717) is 0 Å². The Balaban J connectivity index is 1.80. The number of benzene rings is 2. The highest BCUT2D eigenvalue weighted by Gasteiger charge is 2.31. The average Bonchev–Trinajstić information content (AvgIpc) is 3.14. The number of aromatic nitrogens is 3. The van der Waals surface area contributed by atoms with Gasteiger partial charge in [-0.15, -0.1) is 0 Å². The Bertz CT molecular complexity index is 993. The molecule has 0 bridgehead atoms. The Labute approximate surface area is 160 Å². The largest absolute Gasteiger partial charge is 0.482 e.